The lowest BCUT2D eigenvalue weighted by atomic mass is 10.0. The van der Waals surface area contributed by atoms with Gasteiger partial charge in [-0.3, -0.25) is 10.2 Å². The monoisotopic (exact) mass is 554 g/mol. The number of thiazole rings is 1. The standard InChI is InChI=1S/C27H34N6O3S2/c1-17(15-30-28-5)14-29-12-10-22(34)32-25-23(24-31-19-8-6-7-9-20(19)37-24)18-11-13-33(16-21(18)38-25)26(35)36-27(2,3)4/h6-9,15,29-30H,5,10-14,16H2,1-4H3,(H,32,34)/b17-15+. The highest BCUT2D eigenvalue weighted by Gasteiger charge is 2.31. The van der Waals surface area contributed by atoms with E-state index in [2.05, 4.69) is 33.9 Å². The van der Waals surface area contributed by atoms with Crippen molar-refractivity contribution in [3.05, 3.63) is 46.5 Å². The summed E-state index contributed by atoms with van der Waals surface area (Å²) in [5.74, 6) is -0.0741. The SMILES string of the molecule is C=NN/C=C(\C)CNCCC(=O)Nc1sc2c(c1-c1nc3ccccc3s1)CCN(C(=O)OC(C)(C)C)C2. The smallest absolute Gasteiger partial charge is 0.410 e. The molecule has 0 bridgehead atoms. The lowest BCUT2D eigenvalue weighted by Gasteiger charge is -2.30. The van der Waals surface area contributed by atoms with Crippen LogP contribution in [0, 0.1) is 0 Å². The van der Waals surface area contributed by atoms with Gasteiger partial charge in [0.1, 0.15) is 15.6 Å². The van der Waals surface area contributed by atoms with Crippen LogP contribution in [0.4, 0.5) is 9.80 Å². The first kappa shape index (κ1) is 27.7. The summed E-state index contributed by atoms with van der Waals surface area (Å²) in [6, 6.07) is 8.03. The Balaban J connectivity index is 1.53. The molecule has 3 heterocycles. The Labute approximate surface area is 231 Å². The largest absolute Gasteiger partial charge is 0.444 e. The maximum absolute atomic E-state index is 12.9. The number of fused-ring (bicyclic) bond motifs is 2. The molecule has 0 spiro atoms. The Morgan fingerprint density at radius 1 is 1.26 bits per heavy atom. The second-order valence-electron chi connectivity index (χ2n) is 10.1. The van der Waals surface area contributed by atoms with E-state index in [0.29, 0.717) is 39.0 Å². The number of rotatable bonds is 9. The highest BCUT2D eigenvalue weighted by molar-refractivity contribution is 7.22. The number of hydrogen-bond acceptors (Lipinski definition) is 9. The molecule has 202 valence electrons. The third kappa shape index (κ3) is 6.97. The molecule has 1 aromatic carbocycles. The van der Waals surface area contributed by atoms with Crippen molar-refractivity contribution in [1.82, 2.24) is 20.6 Å². The third-order valence-corrected chi connectivity index (χ3v) is 7.99. The highest BCUT2D eigenvalue weighted by Crippen LogP contribution is 2.45. The van der Waals surface area contributed by atoms with E-state index in [1.165, 1.54) is 11.3 Å². The zero-order chi connectivity index (χ0) is 27.3. The predicted octanol–water partition coefficient (Wildman–Crippen LogP) is 5.35. The molecule has 1 aliphatic heterocycles. The van der Waals surface area contributed by atoms with Crippen LogP contribution in [0.3, 0.4) is 0 Å². The number of anilines is 1. The maximum atomic E-state index is 12.9. The first-order valence-corrected chi connectivity index (χ1v) is 14.1. The van der Waals surface area contributed by atoms with Gasteiger partial charge >= 0.3 is 6.09 Å². The molecule has 2 amide bonds. The Morgan fingerprint density at radius 3 is 2.79 bits per heavy atom. The van der Waals surface area contributed by atoms with Crippen molar-refractivity contribution in [1.29, 1.82) is 0 Å². The molecule has 0 fully saturated rings. The van der Waals surface area contributed by atoms with Gasteiger partial charge in [0, 0.05) is 49.4 Å². The van der Waals surface area contributed by atoms with Crippen molar-refractivity contribution >= 4 is 56.6 Å². The molecule has 38 heavy (non-hydrogen) atoms. The number of carbonyl (C=O) groups excluding carboxylic acids is 2. The van der Waals surface area contributed by atoms with Gasteiger partial charge in [0.15, 0.2) is 0 Å². The summed E-state index contributed by atoms with van der Waals surface area (Å²) in [6.45, 7) is 13.1. The number of nitrogens with one attached hydrogen (secondary N) is 3. The number of nitrogens with zero attached hydrogens (tertiary/aromatic N) is 3. The molecule has 1 aliphatic rings. The van der Waals surface area contributed by atoms with Crippen molar-refractivity contribution in [2.75, 3.05) is 25.0 Å². The Hall–Kier alpha value is -3.28. The Bertz CT molecular complexity index is 1320. The fraction of sp³-hybridized carbons (Fsp3) is 0.407. The fourth-order valence-electron chi connectivity index (χ4n) is 4.06. The fourth-order valence-corrected chi connectivity index (χ4v) is 6.45. The van der Waals surface area contributed by atoms with Gasteiger partial charge in [-0.1, -0.05) is 12.1 Å². The minimum absolute atomic E-state index is 0.0741. The number of para-hydroxylation sites is 1. The predicted molar refractivity (Wildman–Crippen MR) is 156 cm³/mol. The van der Waals surface area contributed by atoms with Crippen LogP contribution in [0.5, 0.6) is 0 Å². The molecular weight excluding hydrogens is 520 g/mol. The molecule has 0 atom stereocenters. The first-order valence-electron chi connectivity index (χ1n) is 12.5. The number of benzene rings is 1. The number of thiophene rings is 1. The molecule has 11 heteroatoms. The summed E-state index contributed by atoms with van der Waals surface area (Å²) in [6.07, 6.45) is 2.44. The van der Waals surface area contributed by atoms with Crippen LogP contribution < -0.4 is 16.1 Å². The van der Waals surface area contributed by atoms with Gasteiger partial charge in [0.25, 0.3) is 0 Å². The molecule has 0 unspecified atom stereocenters. The quantitative estimate of drug-likeness (QED) is 0.187. The summed E-state index contributed by atoms with van der Waals surface area (Å²) in [7, 11) is 0. The first-order chi connectivity index (χ1) is 18.1. The Morgan fingerprint density at radius 2 is 2.05 bits per heavy atom. The van der Waals surface area contributed by atoms with E-state index >= 15 is 0 Å². The van der Waals surface area contributed by atoms with E-state index in [1.54, 1.807) is 22.4 Å². The summed E-state index contributed by atoms with van der Waals surface area (Å²) >= 11 is 3.14. The minimum atomic E-state index is -0.556. The van der Waals surface area contributed by atoms with Gasteiger partial charge in [-0.25, -0.2) is 9.78 Å². The molecular formula is C27H34N6O3S2. The maximum Gasteiger partial charge on any atom is 0.410 e. The number of amides is 2. The lowest BCUT2D eigenvalue weighted by molar-refractivity contribution is -0.116. The van der Waals surface area contributed by atoms with E-state index in [-0.39, 0.29) is 12.0 Å². The van der Waals surface area contributed by atoms with E-state index in [4.69, 9.17) is 9.72 Å². The second kappa shape index (κ2) is 12.1. The van der Waals surface area contributed by atoms with E-state index < -0.39 is 5.60 Å². The van der Waals surface area contributed by atoms with Crippen LogP contribution in [0.2, 0.25) is 0 Å². The number of aromatic nitrogens is 1. The highest BCUT2D eigenvalue weighted by atomic mass is 32.1. The summed E-state index contributed by atoms with van der Waals surface area (Å²) < 4.78 is 6.70. The van der Waals surface area contributed by atoms with Crippen LogP contribution in [-0.4, -0.2) is 53.8 Å². The molecule has 0 saturated carbocycles. The third-order valence-electron chi connectivity index (χ3n) is 5.80. The molecule has 0 saturated heterocycles. The van der Waals surface area contributed by atoms with E-state index in [0.717, 1.165) is 41.8 Å². The van der Waals surface area contributed by atoms with Gasteiger partial charge in [-0.05, 0) is 57.4 Å². The van der Waals surface area contributed by atoms with Gasteiger partial charge in [-0.15, -0.1) is 22.7 Å². The normalized spacial score (nSPS) is 13.8. The van der Waals surface area contributed by atoms with Crippen molar-refractivity contribution in [2.45, 2.75) is 52.7 Å². The molecule has 0 aliphatic carbocycles. The van der Waals surface area contributed by atoms with Gasteiger partial charge in [0.05, 0.1) is 16.8 Å². The van der Waals surface area contributed by atoms with Crippen molar-refractivity contribution in [3.8, 4) is 10.6 Å². The van der Waals surface area contributed by atoms with Gasteiger partial charge in [-0.2, -0.15) is 5.10 Å². The van der Waals surface area contributed by atoms with Crippen molar-refractivity contribution < 1.29 is 14.3 Å². The lowest BCUT2D eigenvalue weighted by Crippen LogP contribution is -2.39. The van der Waals surface area contributed by atoms with Crippen LogP contribution in [0.1, 0.15) is 44.6 Å². The summed E-state index contributed by atoms with van der Waals surface area (Å²) in [5.41, 5.74) is 6.25. The van der Waals surface area contributed by atoms with Crippen LogP contribution in [0.25, 0.3) is 20.8 Å². The average Bonchev–Trinajstić information content (AvgIpc) is 3.44. The molecule has 4 rings (SSSR count). The number of hydrazone groups is 1. The molecule has 2 aromatic heterocycles. The Kier molecular flexibility index (Phi) is 8.80. The molecule has 9 nitrogen and oxygen atoms in total. The van der Waals surface area contributed by atoms with Gasteiger partial charge < -0.3 is 20.3 Å². The average molecular weight is 555 g/mol. The topological polar surface area (TPSA) is 108 Å². The van der Waals surface area contributed by atoms with Gasteiger partial charge in [0.2, 0.25) is 5.91 Å². The number of ether oxygens (including phenoxy) is 1. The van der Waals surface area contributed by atoms with E-state index in [9.17, 15) is 9.59 Å². The van der Waals surface area contributed by atoms with Crippen molar-refractivity contribution in [3.63, 3.8) is 0 Å². The summed E-state index contributed by atoms with van der Waals surface area (Å²) in [4.78, 5) is 33.3. The van der Waals surface area contributed by atoms with Crippen LogP contribution in [-0.2, 0) is 22.5 Å². The second-order valence-corrected chi connectivity index (χ2v) is 12.2. The zero-order valence-electron chi connectivity index (χ0n) is 22.2. The minimum Gasteiger partial charge on any atom is -0.444 e. The molecule has 0 radical (unpaired) electrons. The molecule has 3 N–H and O–H groups in total. The zero-order valence-corrected chi connectivity index (χ0v) is 23.9. The number of carbonyl (C=O) groups is 2. The summed E-state index contributed by atoms with van der Waals surface area (Å²) in [5, 5.41) is 11.6. The van der Waals surface area contributed by atoms with Crippen LogP contribution >= 0.6 is 22.7 Å². The number of hydrogen-bond donors (Lipinski definition) is 3. The molecule has 3 aromatic rings. The van der Waals surface area contributed by atoms with E-state index in [1.807, 2.05) is 45.9 Å². The van der Waals surface area contributed by atoms with Crippen molar-refractivity contribution in [2.24, 2.45) is 5.10 Å². The van der Waals surface area contributed by atoms with Crippen LogP contribution in [0.15, 0.2) is 41.1 Å².